The highest BCUT2D eigenvalue weighted by atomic mass is 19.1. The second kappa shape index (κ2) is 6.28. The minimum Gasteiger partial charge on any atom is -0.306 e. The van der Waals surface area contributed by atoms with Crippen LogP contribution in [0.1, 0.15) is 55.2 Å². The van der Waals surface area contributed by atoms with E-state index in [1.807, 2.05) is 13.0 Å². The highest BCUT2D eigenvalue weighted by Crippen LogP contribution is 2.38. The van der Waals surface area contributed by atoms with Gasteiger partial charge in [0.1, 0.15) is 5.82 Å². The summed E-state index contributed by atoms with van der Waals surface area (Å²) in [4.78, 5) is 26.0. The van der Waals surface area contributed by atoms with Crippen molar-refractivity contribution < 1.29 is 14.0 Å². The summed E-state index contributed by atoms with van der Waals surface area (Å²) >= 11 is 0. The van der Waals surface area contributed by atoms with Gasteiger partial charge in [0.25, 0.3) is 0 Å². The molecule has 2 fully saturated rings. The van der Waals surface area contributed by atoms with E-state index in [4.69, 9.17) is 0 Å². The molecule has 1 aromatic rings. The first kappa shape index (κ1) is 17.1. The lowest BCUT2D eigenvalue weighted by molar-refractivity contribution is -0.137. The van der Waals surface area contributed by atoms with Crippen molar-refractivity contribution >= 4 is 11.8 Å². The van der Waals surface area contributed by atoms with E-state index in [1.165, 1.54) is 0 Å². The van der Waals surface area contributed by atoms with Crippen molar-refractivity contribution in [3.63, 3.8) is 0 Å². The Kier molecular flexibility index (Phi) is 4.47. The van der Waals surface area contributed by atoms with Crippen molar-refractivity contribution in [1.82, 2.24) is 10.2 Å². The van der Waals surface area contributed by atoms with Gasteiger partial charge in [-0.05, 0) is 70.3 Å². The monoisotopic (exact) mass is 332 g/mol. The number of hydrogen-bond acceptors (Lipinski definition) is 3. The van der Waals surface area contributed by atoms with Gasteiger partial charge >= 0.3 is 0 Å². The maximum Gasteiger partial charge on any atom is 0.237 e. The number of carbonyl (C=O) groups excluding carboxylic acids is 2. The molecule has 0 bridgehead atoms. The van der Waals surface area contributed by atoms with Gasteiger partial charge in [-0.15, -0.1) is 0 Å². The van der Waals surface area contributed by atoms with Gasteiger partial charge in [0.2, 0.25) is 11.8 Å². The zero-order chi connectivity index (χ0) is 17.5. The van der Waals surface area contributed by atoms with Gasteiger partial charge in [0, 0.05) is 12.0 Å². The summed E-state index contributed by atoms with van der Waals surface area (Å²) in [7, 11) is 2.11. The van der Waals surface area contributed by atoms with Crippen LogP contribution in [0.25, 0.3) is 0 Å². The van der Waals surface area contributed by atoms with Crippen LogP contribution in [0, 0.1) is 12.7 Å². The summed E-state index contributed by atoms with van der Waals surface area (Å²) in [5.41, 5.74) is 1.13. The van der Waals surface area contributed by atoms with Gasteiger partial charge in [-0.3, -0.25) is 14.9 Å². The fourth-order valence-corrected chi connectivity index (χ4v) is 3.95. The van der Waals surface area contributed by atoms with Crippen LogP contribution in [0.2, 0.25) is 0 Å². The SMILES string of the molecule is Cc1c(C2CCN(C)CC2)ccc([C@]2(C)CCC(=O)NC2=O)c1F. The number of likely N-dealkylation sites (tertiary alicyclic amines) is 1. The van der Waals surface area contributed by atoms with Crippen LogP contribution in [-0.4, -0.2) is 36.9 Å². The first-order chi connectivity index (χ1) is 11.3. The first-order valence-corrected chi connectivity index (χ1v) is 8.65. The van der Waals surface area contributed by atoms with E-state index in [2.05, 4.69) is 17.3 Å². The van der Waals surface area contributed by atoms with Gasteiger partial charge in [0.15, 0.2) is 0 Å². The molecule has 0 aromatic heterocycles. The smallest absolute Gasteiger partial charge is 0.237 e. The molecule has 2 aliphatic rings. The van der Waals surface area contributed by atoms with E-state index in [0.717, 1.165) is 31.5 Å². The van der Waals surface area contributed by atoms with Crippen LogP contribution < -0.4 is 5.32 Å². The van der Waals surface area contributed by atoms with Crippen molar-refractivity contribution in [2.24, 2.45) is 0 Å². The zero-order valence-electron chi connectivity index (χ0n) is 14.6. The van der Waals surface area contributed by atoms with E-state index in [-0.39, 0.29) is 18.1 Å². The Hall–Kier alpha value is -1.75. The molecule has 24 heavy (non-hydrogen) atoms. The predicted octanol–water partition coefficient (Wildman–Crippen LogP) is 2.64. The Morgan fingerprint density at radius 3 is 2.54 bits per heavy atom. The van der Waals surface area contributed by atoms with Crippen molar-refractivity contribution in [2.75, 3.05) is 20.1 Å². The summed E-state index contributed by atoms with van der Waals surface area (Å²) in [6.07, 6.45) is 2.66. The molecule has 3 rings (SSSR count). The van der Waals surface area contributed by atoms with Gasteiger partial charge < -0.3 is 4.90 Å². The van der Waals surface area contributed by atoms with Gasteiger partial charge in [-0.2, -0.15) is 0 Å². The number of carbonyl (C=O) groups is 2. The summed E-state index contributed by atoms with van der Waals surface area (Å²) in [6, 6.07) is 3.74. The maximum atomic E-state index is 15.1. The van der Waals surface area contributed by atoms with Crippen molar-refractivity contribution in [1.29, 1.82) is 0 Å². The Balaban J connectivity index is 1.93. The molecule has 2 saturated heterocycles. The average molecular weight is 332 g/mol. The van der Waals surface area contributed by atoms with E-state index in [1.54, 1.807) is 13.0 Å². The lowest BCUT2D eigenvalue weighted by Gasteiger charge is -2.34. The van der Waals surface area contributed by atoms with E-state index < -0.39 is 11.3 Å². The van der Waals surface area contributed by atoms with Crippen molar-refractivity contribution in [3.05, 3.63) is 34.6 Å². The van der Waals surface area contributed by atoms with E-state index in [9.17, 15) is 9.59 Å². The van der Waals surface area contributed by atoms with Crippen LogP contribution in [0.3, 0.4) is 0 Å². The summed E-state index contributed by atoms with van der Waals surface area (Å²) in [5, 5.41) is 2.35. The largest absolute Gasteiger partial charge is 0.306 e. The molecule has 1 atom stereocenters. The molecular formula is C19H25FN2O2. The lowest BCUT2D eigenvalue weighted by atomic mass is 9.73. The number of piperidine rings is 2. The van der Waals surface area contributed by atoms with Gasteiger partial charge in [-0.25, -0.2) is 4.39 Å². The van der Waals surface area contributed by atoms with E-state index >= 15 is 4.39 Å². The van der Waals surface area contributed by atoms with Crippen molar-refractivity contribution in [3.8, 4) is 0 Å². The molecule has 0 spiro atoms. The Morgan fingerprint density at radius 1 is 1.25 bits per heavy atom. The summed E-state index contributed by atoms with van der Waals surface area (Å²) in [5.74, 6) is -0.598. The molecule has 1 N–H and O–H groups in total. The highest BCUT2D eigenvalue weighted by molar-refractivity contribution is 6.03. The minimum atomic E-state index is -0.978. The number of amides is 2. The predicted molar refractivity (Wildman–Crippen MR) is 90.3 cm³/mol. The average Bonchev–Trinajstić information content (AvgIpc) is 2.55. The molecular weight excluding hydrogens is 307 g/mol. The Morgan fingerprint density at radius 2 is 1.92 bits per heavy atom. The fraction of sp³-hybridized carbons (Fsp3) is 0.579. The number of imide groups is 1. The molecule has 130 valence electrons. The molecule has 0 radical (unpaired) electrons. The molecule has 2 aliphatic heterocycles. The first-order valence-electron chi connectivity index (χ1n) is 8.65. The second-order valence-electron chi connectivity index (χ2n) is 7.43. The minimum absolute atomic E-state index is 0.247. The molecule has 5 heteroatoms. The number of nitrogens with zero attached hydrogens (tertiary/aromatic N) is 1. The second-order valence-corrected chi connectivity index (χ2v) is 7.43. The third-order valence-corrected chi connectivity index (χ3v) is 5.79. The fourth-order valence-electron chi connectivity index (χ4n) is 3.95. The molecule has 0 unspecified atom stereocenters. The van der Waals surface area contributed by atoms with Crippen LogP contribution >= 0.6 is 0 Å². The molecule has 2 amide bonds. The number of hydrogen-bond donors (Lipinski definition) is 1. The molecule has 0 saturated carbocycles. The summed E-state index contributed by atoms with van der Waals surface area (Å²) < 4.78 is 15.1. The highest BCUT2D eigenvalue weighted by Gasteiger charge is 2.42. The van der Waals surface area contributed by atoms with Crippen molar-refractivity contribution in [2.45, 2.75) is 50.9 Å². The standard InChI is InChI=1S/C19H25FN2O2/c1-12-14(13-7-10-22(3)11-8-13)4-5-15(17(12)20)19(2)9-6-16(23)21-18(19)24/h4-5,13H,6-11H2,1-3H3,(H,21,23,24)/t19-/m0/s1. The van der Waals surface area contributed by atoms with Crippen LogP contribution in [0.15, 0.2) is 12.1 Å². The zero-order valence-corrected chi connectivity index (χ0v) is 14.6. The third kappa shape index (κ3) is 2.86. The topological polar surface area (TPSA) is 49.4 Å². The Labute approximate surface area is 142 Å². The number of benzene rings is 1. The molecule has 0 aliphatic carbocycles. The third-order valence-electron chi connectivity index (χ3n) is 5.79. The molecule has 1 aromatic carbocycles. The Bertz CT molecular complexity index is 680. The van der Waals surface area contributed by atoms with Gasteiger partial charge in [0.05, 0.1) is 5.41 Å². The number of rotatable bonds is 2. The number of halogens is 1. The van der Waals surface area contributed by atoms with Crippen LogP contribution in [0.5, 0.6) is 0 Å². The normalized spacial score (nSPS) is 26.5. The van der Waals surface area contributed by atoms with Crippen LogP contribution in [0.4, 0.5) is 4.39 Å². The molecule has 2 heterocycles. The number of nitrogens with one attached hydrogen (secondary N) is 1. The van der Waals surface area contributed by atoms with Crippen LogP contribution in [-0.2, 0) is 15.0 Å². The lowest BCUT2D eigenvalue weighted by Crippen LogP contribution is -2.50. The van der Waals surface area contributed by atoms with E-state index in [0.29, 0.717) is 23.5 Å². The molecule has 4 nitrogen and oxygen atoms in total. The maximum absolute atomic E-state index is 15.1. The van der Waals surface area contributed by atoms with Gasteiger partial charge in [-0.1, -0.05) is 12.1 Å². The summed E-state index contributed by atoms with van der Waals surface area (Å²) in [6.45, 7) is 5.58. The quantitative estimate of drug-likeness (QED) is 0.847.